The van der Waals surface area contributed by atoms with Crippen molar-refractivity contribution in [2.45, 2.75) is 58.9 Å². The summed E-state index contributed by atoms with van der Waals surface area (Å²) in [6.07, 6.45) is 7.26. The van der Waals surface area contributed by atoms with Gasteiger partial charge in [-0.25, -0.2) is 0 Å². The van der Waals surface area contributed by atoms with Gasteiger partial charge in [0.1, 0.15) is 0 Å². The minimum Gasteiger partial charge on any atom is -0.327 e. The summed E-state index contributed by atoms with van der Waals surface area (Å²) < 4.78 is 0. The summed E-state index contributed by atoms with van der Waals surface area (Å²) in [4.78, 5) is 0. The third kappa shape index (κ3) is 1.98. The summed E-state index contributed by atoms with van der Waals surface area (Å²) in [7, 11) is 0. The highest BCUT2D eigenvalue weighted by Gasteiger charge is 2.40. The van der Waals surface area contributed by atoms with Crippen LogP contribution >= 0.6 is 0 Å². The summed E-state index contributed by atoms with van der Waals surface area (Å²) in [5.74, 6) is 3.06. The van der Waals surface area contributed by atoms with Crippen LogP contribution in [0.4, 0.5) is 0 Å². The highest BCUT2D eigenvalue weighted by Crippen LogP contribution is 2.50. The van der Waals surface area contributed by atoms with Crippen LogP contribution in [0.1, 0.15) is 52.9 Å². The van der Waals surface area contributed by atoms with Gasteiger partial charge in [-0.1, -0.05) is 27.2 Å². The molecular weight excluding hydrogens is 170 g/mol. The van der Waals surface area contributed by atoms with Gasteiger partial charge in [-0.3, -0.25) is 0 Å². The van der Waals surface area contributed by atoms with Crippen LogP contribution in [0.5, 0.6) is 0 Å². The van der Waals surface area contributed by atoms with Crippen LogP contribution in [0.2, 0.25) is 0 Å². The Morgan fingerprint density at radius 2 is 1.93 bits per heavy atom. The highest BCUT2D eigenvalue weighted by atomic mass is 14.7. The van der Waals surface area contributed by atoms with Gasteiger partial charge in [-0.05, 0) is 48.9 Å². The molecule has 0 amide bonds. The molecule has 82 valence electrons. The summed E-state index contributed by atoms with van der Waals surface area (Å²) in [6.45, 7) is 6.81. The highest BCUT2D eigenvalue weighted by molar-refractivity contribution is 4.92. The van der Waals surface area contributed by atoms with E-state index in [0.717, 1.165) is 17.8 Å². The normalized spacial score (nSPS) is 39.0. The van der Waals surface area contributed by atoms with E-state index in [9.17, 15) is 0 Å². The molecule has 2 saturated carbocycles. The molecule has 1 heteroatoms. The summed E-state index contributed by atoms with van der Waals surface area (Å²) in [5.41, 5.74) is 6.56. The molecule has 0 radical (unpaired) electrons. The van der Waals surface area contributed by atoms with Gasteiger partial charge >= 0.3 is 0 Å². The van der Waals surface area contributed by atoms with E-state index in [2.05, 4.69) is 20.8 Å². The molecule has 0 aliphatic heterocycles. The molecule has 4 unspecified atom stereocenters. The van der Waals surface area contributed by atoms with E-state index in [1.165, 1.54) is 32.1 Å². The Kier molecular flexibility index (Phi) is 2.63. The topological polar surface area (TPSA) is 26.0 Å². The van der Waals surface area contributed by atoms with Crippen molar-refractivity contribution >= 4 is 0 Å². The Morgan fingerprint density at radius 3 is 2.36 bits per heavy atom. The minimum absolute atomic E-state index is 0.293. The third-order valence-electron chi connectivity index (χ3n) is 4.55. The first kappa shape index (κ1) is 10.5. The van der Waals surface area contributed by atoms with Gasteiger partial charge in [0.25, 0.3) is 0 Å². The van der Waals surface area contributed by atoms with Crippen LogP contribution in [0.3, 0.4) is 0 Å². The predicted molar refractivity (Wildman–Crippen MR) is 61.0 cm³/mol. The van der Waals surface area contributed by atoms with E-state index in [1.54, 1.807) is 0 Å². The molecule has 2 N–H and O–H groups in total. The number of fused-ring (bicyclic) bond motifs is 2. The molecule has 14 heavy (non-hydrogen) atoms. The lowest BCUT2D eigenvalue weighted by Crippen LogP contribution is -2.37. The van der Waals surface area contributed by atoms with Crippen molar-refractivity contribution in [3.63, 3.8) is 0 Å². The van der Waals surface area contributed by atoms with Crippen molar-refractivity contribution in [3.05, 3.63) is 0 Å². The number of hydrogen-bond acceptors (Lipinski definition) is 1. The molecule has 4 atom stereocenters. The van der Waals surface area contributed by atoms with Gasteiger partial charge in [0.2, 0.25) is 0 Å². The molecule has 1 nitrogen and oxygen atoms in total. The van der Waals surface area contributed by atoms with E-state index < -0.39 is 0 Å². The second-order valence-electron chi connectivity index (χ2n) is 6.64. The zero-order chi connectivity index (χ0) is 10.3. The zero-order valence-corrected chi connectivity index (χ0v) is 9.92. The monoisotopic (exact) mass is 195 g/mol. The lowest BCUT2D eigenvalue weighted by Gasteiger charge is -2.32. The molecule has 2 aliphatic carbocycles. The van der Waals surface area contributed by atoms with Crippen LogP contribution in [0.15, 0.2) is 0 Å². The van der Waals surface area contributed by atoms with Crippen molar-refractivity contribution < 1.29 is 0 Å². The van der Waals surface area contributed by atoms with Gasteiger partial charge in [-0.2, -0.15) is 0 Å². The maximum Gasteiger partial charge on any atom is 0.00903 e. The molecule has 0 spiro atoms. The van der Waals surface area contributed by atoms with Crippen LogP contribution in [-0.4, -0.2) is 6.04 Å². The molecule has 0 heterocycles. The zero-order valence-electron chi connectivity index (χ0n) is 9.92. The fourth-order valence-corrected chi connectivity index (χ4v) is 3.34. The maximum atomic E-state index is 6.26. The molecule has 0 aromatic carbocycles. The standard InChI is InChI=1S/C13H25N/c1-13(2,3)12(14)8-11-7-9-4-5-10(11)6-9/h9-12H,4-8,14H2,1-3H3. The smallest absolute Gasteiger partial charge is 0.00903 e. The van der Waals surface area contributed by atoms with Crippen molar-refractivity contribution in [2.75, 3.05) is 0 Å². The Bertz CT molecular complexity index is 204. The molecule has 0 saturated heterocycles. The largest absolute Gasteiger partial charge is 0.327 e. The molecule has 0 aromatic rings. The van der Waals surface area contributed by atoms with E-state index in [4.69, 9.17) is 5.73 Å². The molecule has 2 aliphatic rings. The minimum atomic E-state index is 0.293. The van der Waals surface area contributed by atoms with Gasteiger partial charge < -0.3 is 5.73 Å². The van der Waals surface area contributed by atoms with E-state index >= 15 is 0 Å². The molecule has 2 bridgehead atoms. The Hall–Kier alpha value is -0.0400. The van der Waals surface area contributed by atoms with Crippen LogP contribution in [0, 0.1) is 23.2 Å². The molecule has 0 aromatic heterocycles. The van der Waals surface area contributed by atoms with Gasteiger partial charge in [0, 0.05) is 6.04 Å². The van der Waals surface area contributed by atoms with Crippen molar-refractivity contribution in [1.82, 2.24) is 0 Å². The Balaban J connectivity index is 1.87. The lowest BCUT2D eigenvalue weighted by atomic mass is 9.77. The SMILES string of the molecule is CC(C)(C)C(N)CC1CC2CCC1C2. The first-order chi connectivity index (χ1) is 6.47. The van der Waals surface area contributed by atoms with Crippen molar-refractivity contribution in [1.29, 1.82) is 0 Å². The van der Waals surface area contributed by atoms with Crippen LogP contribution in [-0.2, 0) is 0 Å². The third-order valence-corrected chi connectivity index (χ3v) is 4.55. The summed E-state index contributed by atoms with van der Waals surface area (Å²) in [6, 6.07) is 0.395. The fourth-order valence-electron chi connectivity index (χ4n) is 3.34. The number of rotatable bonds is 2. The average Bonchev–Trinajstić information content (AvgIpc) is 2.62. The quantitative estimate of drug-likeness (QED) is 0.719. The van der Waals surface area contributed by atoms with Gasteiger partial charge in [-0.15, -0.1) is 0 Å². The Labute approximate surface area is 88.4 Å². The molecule has 2 rings (SSSR count). The van der Waals surface area contributed by atoms with Crippen molar-refractivity contribution in [3.8, 4) is 0 Å². The second kappa shape index (κ2) is 3.52. The van der Waals surface area contributed by atoms with E-state index in [1.807, 2.05) is 0 Å². The second-order valence-corrected chi connectivity index (χ2v) is 6.64. The summed E-state index contributed by atoms with van der Waals surface area (Å²) >= 11 is 0. The predicted octanol–water partition coefficient (Wildman–Crippen LogP) is 3.19. The molecular formula is C13H25N. The van der Waals surface area contributed by atoms with Crippen LogP contribution < -0.4 is 5.73 Å². The molecule has 2 fully saturated rings. The average molecular weight is 195 g/mol. The summed E-state index contributed by atoms with van der Waals surface area (Å²) in [5, 5.41) is 0. The van der Waals surface area contributed by atoms with Gasteiger partial charge in [0.15, 0.2) is 0 Å². The van der Waals surface area contributed by atoms with E-state index in [-0.39, 0.29) is 0 Å². The Morgan fingerprint density at radius 1 is 1.21 bits per heavy atom. The lowest BCUT2D eigenvalue weighted by molar-refractivity contribution is 0.224. The number of nitrogens with two attached hydrogens (primary N) is 1. The number of hydrogen-bond donors (Lipinski definition) is 1. The van der Waals surface area contributed by atoms with Crippen LogP contribution in [0.25, 0.3) is 0 Å². The fraction of sp³-hybridized carbons (Fsp3) is 1.00. The van der Waals surface area contributed by atoms with Gasteiger partial charge in [0.05, 0.1) is 0 Å². The van der Waals surface area contributed by atoms with Crippen molar-refractivity contribution in [2.24, 2.45) is 28.9 Å². The van der Waals surface area contributed by atoms with E-state index in [0.29, 0.717) is 11.5 Å². The maximum absolute atomic E-state index is 6.26. The first-order valence-corrected chi connectivity index (χ1v) is 6.22. The first-order valence-electron chi connectivity index (χ1n) is 6.22.